The van der Waals surface area contributed by atoms with Crippen LogP contribution in [0.15, 0.2) is 18.2 Å². The van der Waals surface area contributed by atoms with Gasteiger partial charge in [0, 0.05) is 26.6 Å². The highest BCUT2D eigenvalue weighted by atomic mass is 16.7. The highest BCUT2D eigenvalue weighted by Gasteiger charge is 2.43. The molecule has 1 saturated heterocycles. The highest BCUT2D eigenvalue weighted by Crippen LogP contribution is 2.34. The number of methoxy groups -OCH3 is 2. The molecule has 0 spiro atoms. The fourth-order valence-electron chi connectivity index (χ4n) is 4.52. The van der Waals surface area contributed by atoms with E-state index in [2.05, 4.69) is 13.8 Å². The second-order valence-electron chi connectivity index (χ2n) is 10.9. The maximum absolute atomic E-state index is 12.6. The lowest BCUT2D eigenvalue weighted by molar-refractivity contribution is -0.141. The summed E-state index contributed by atoms with van der Waals surface area (Å²) in [7, 11) is 3.22. The topological polar surface area (TPSA) is 121 Å². The van der Waals surface area contributed by atoms with Crippen LogP contribution in [0, 0.1) is 11.8 Å². The Morgan fingerprint density at radius 1 is 1.13 bits per heavy atom. The van der Waals surface area contributed by atoms with Gasteiger partial charge in [0.15, 0.2) is 11.5 Å². The monoisotopic (exact) mass is 537 g/mol. The molecule has 1 aromatic carbocycles. The van der Waals surface area contributed by atoms with E-state index in [1.165, 1.54) is 0 Å². The molecule has 0 saturated carbocycles. The third-order valence-corrected chi connectivity index (χ3v) is 6.48. The van der Waals surface area contributed by atoms with Crippen LogP contribution in [0.25, 0.3) is 0 Å². The zero-order chi connectivity index (χ0) is 28.5. The summed E-state index contributed by atoms with van der Waals surface area (Å²) in [5.41, 5.74) is 0.224. The molecule has 10 nitrogen and oxygen atoms in total. The first-order chi connectivity index (χ1) is 17.9. The first-order valence-corrected chi connectivity index (χ1v) is 13.1. The number of rotatable bonds is 12. The van der Waals surface area contributed by atoms with Crippen LogP contribution in [-0.4, -0.2) is 73.3 Å². The van der Waals surface area contributed by atoms with Crippen molar-refractivity contribution >= 4 is 18.2 Å². The molecule has 3 atom stereocenters. The Kier molecular flexibility index (Phi) is 11.7. The smallest absolute Gasteiger partial charge is 0.493 e. The number of amides is 2. The molecule has 1 fully saturated rings. The van der Waals surface area contributed by atoms with Gasteiger partial charge in [0.05, 0.1) is 19.8 Å². The molecule has 0 aromatic heterocycles. The summed E-state index contributed by atoms with van der Waals surface area (Å²) in [5, 5.41) is 9.87. The summed E-state index contributed by atoms with van der Waals surface area (Å²) in [6.07, 6.45) is -1.14. The van der Waals surface area contributed by atoms with E-state index < -0.39 is 35.9 Å². The number of imide groups is 1. The third kappa shape index (κ3) is 9.38. The lowest BCUT2D eigenvalue weighted by Gasteiger charge is -2.40. The summed E-state index contributed by atoms with van der Waals surface area (Å²) >= 11 is 0. The van der Waals surface area contributed by atoms with Crippen LogP contribution in [0.2, 0.25) is 0 Å². The van der Waals surface area contributed by atoms with Crippen molar-refractivity contribution in [3.8, 4) is 11.5 Å². The summed E-state index contributed by atoms with van der Waals surface area (Å²) in [5.74, 6) is 0.873. The van der Waals surface area contributed by atoms with Gasteiger partial charge >= 0.3 is 12.2 Å². The van der Waals surface area contributed by atoms with Gasteiger partial charge in [0.1, 0.15) is 11.7 Å². The number of hydrogen-bond acceptors (Lipinski definition) is 8. The average Bonchev–Trinajstić information content (AvgIpc) is 2.81. The minimum absolute atomic E-state index is 0.0211. The van der Waals surface area contributed by atoms with Crippen LogP contribution in [-0.2, 0) is 25.4 Å². The summed E-state index contributed by atoms with van der Waals surface area (Å²) in [6.45, 7) is 10.3. The Morgan fingerprint density at radius 3 is 2.42 bits per heavy atom. The van der Waals surface area contributed by atoms with E-state index in [1.54, 1.807) is 35.0 Å². The van der Waals surface area contributed by atoms with Gasteiger partial charge in [-0.3, -0.25) is 4.79 Å². The predicted octanol–water partition coefficient (Wildman–Crippen LogP) is 5.30. The molecule has 1 heterocycles. The van der Waals surface area contributed by atoms with Gasteiger partial charge in [0.25, 0.3) is 0 Å². The van der Waals surface area contributed by atoms with Crippen molar-refractivity contribution in [2.24, 2.45) is 11.8 Å². The summed E-state index contributed by atoms with van der Waals surface area (Å²) in [4.78, 5) is 38.0. The van der Waals surface area contributed by atoms with E-state index in [1.807, 2.05) is 18.2 Å². The Bertz CT molecular complexity index is 941. The molecule has 0 unspecified atom stereocenters. The molecule has 1 aliphatic rings. The van der Waals surface area contributed by atoms with Crippen LogP contribution in [0.5, 0.6) is 11.5 Å². The van der Waals surface area contributed by atoms with Crippen molar-refractivity contribution in [3.63, 3.8) is 0 Å². The number of likely N-dealkylation sites (tertiary alicyclic amines) is 1. The van der Waals surface area contributed by atoms with Crippen molar-refractivity contribution < 1.29 is 43.2 Å². The Balaban J connectivity index is 2.27. The lowest BCUT2D eigenvalue weighted by atomic mass is 9.81. The van der Waals surface area contributed by atoms with Crippen molar-refractivity contribution in [1.82, 2.24) is 4.90 Å². The number of piperidine rings is 1. The number of carbonyl (C=O) groups is 3. The van der Waals surface area contributed by atoms with E-state index in [-0.39, 0.29) is 24.7 Å². The molecule has 2 amide bonds. The molecule has 0 radical (unpaired) electrons. The van der Waals surface area contributed by atoms with E-state index in [0.717, 1.165) is 16.9 Å². The highest BCUT2D eigenvalue weighted by molar-refractivity contribution is 5.92. The molecule has 1 aromatic rings. The Morgan fingerprint density at radius 2 is 1.84 bits per heavy atom. The standard InChI is InChI=1S/C28H43NO9/c1-18(2)20(15-19-9-10-23(35-7)24(16-19)36-14-8-13-34-6)17-21-22(37-27(33)38-28(3,4)5)11-12-25(30)29(21)26(31)32/h9-10,16,18,20-22H,8,11-15,17H2,1-7H3,(H,31,32)/t20-,21-,22-/m0/s1. The zero-order valence-corrected chi connectivity index (χ0v) is 23.7. The summed E-state index contributed by atoms with van der Waals surface area (Å²) < 4.78 is 27.3. The van der Waals surface area contributed by atoms with Gasteiger partial charge < -0.3 is 28.8 Å². The van der Waals surface area contributed by atoms with Gasteiger partial charge in [-0.2, -0.15) is 0 Å². The third-order valence-electron chi connectivity index (χ3n) is 6.48. The number of hydrogen-bond donors (Lipinski definition) is 1. The van der Waals surface area contributed by atoms with E-state index in [4.69, 9.17) is 23.7 Å². The quantitative estimate of drug-likeness (QED) is 0.279. The first kappa shape index (κ1) is 31.2. The van der Waals surface area contributed by atoms with Crippen molar-refractivity contribution in [3.05, 3.63) is 23.8 Å². The minimum Gasteiger partial charge on any atom is -0.493 e. The molecule has 1 N–H and O–H groups in total. The van der Waals surface area contributed by atoms with Crippen LogP contribution >= 0.6 is 0 Å². The van der Waals surface area contributed by atoms with Crippen molar-refractivity contribution in [2.75, 3.05) is 27.4 Å². The van der Waals surface area contributed by atoms with Crippen LogP contribution in [0.1, 0.15) is 65.9 Å². The van der Waals surface area contributed by atoms with Gasteiger partial charge in [-0.25, -0.2) is 14.5 Å². The Labute approximate surface area is 225 Å². The molecule has 2 rings (SSSR count). The number of benzene rings is 1. The van der Waals surface area contributed by atoms with Gasteiger partial charge in [-0.15, -0.1) is 0 Å². The van der Waals surface area contributed by atoms with Gasteiger partial charge in [0.2, 0.25) is 5.91 Å². The molecule has 0 aliphatic carbocycles. The van der Waals surface area contributed by atoms with Gasteiger partial charge in [-0.1, -0.05) is 19.9 Å². The van der Waals surface area contributed by atoms with Crippen LogP contribution in [0.3, 0.4) is 0 Å². The molecular formula is C28H43NO9. The maximum Gasteiger partial charge on any atom is 0.509 e. The molecule has 10 heteroatoms. The van der Waals surface area contributed by atoms with Gasteiger partial charge in [-0.05, 0) is 69.6 Å². The molecule has 0 bridgehead atoms. The molecule has 38 heavy (non-hydrogen) atoms. The fraction of sp³-hybridized carbons (Fsp3) is 0.679. The molecule has 214 valence electrons. The second-order valence-corrected chi connectivity index (χ2v) is 10.9. The fourth-order valence-corrected chi connectivity index (χ4v) is 4.52. The largest absolute Gasteiger partial charge is 0.509 e. The molecular weight excluding hydrogens is 494 g/mol. The number of nitrogens with zero attached hydrogens (tertiary/aromatic N) is 1. The lowest BCUT2D eigenvalue weighted by Crippen LogP contribution is -2.55. The number of carbonyl (C=O) groups excluding carboxylic acids is 2. The average molecular weight is 538 g/mol. The Hall–Kier alpha value is -3.01. The van der Waals surface area contributed by atoms with E-state index >= 15 is 0 Å². The van der Waals surface area contributed by atoms with E-state index in [0.29, 0.717) is 37.6 Å². The van der Waals surface area contributed by atoms with Crippen LogP contribution in [0.4, 0.5) is 9.59 Å². The normalized spacial score (nSPS) is 18.7. The second kappa shape index (κ2) is 14.2. The number of ether oxygens (including phenoxy) is 5. The molecule has 1 aliphatic heterocycles. The van der Waals surface area contributed by atoms with E-state index in [9.17, 15) is 19.5 Å². The first-order valence-electron chi connectivity index (χ1n) is 13.1. The van der Waals surface area contributed by atoms with Crippen molar-refractivity contribution in [1.29, 1.82) is 0 Å². The minimum atomic E-state index is -1.35. The predicted molar refractivity (Wildman–Crippen MR) is 141 cm³/mol. The SMILES string of the molecule is COCCCOc1cc(C[C@@H](C[C@H]2[C@@H](OC(=O)OC(C)(C)C)CCC(=O)N2C(=O)O)C(C)C)ccc1OC. The maximum atomic E-state index is 12.6. The number of carboxylic acid groups (broad SMARTS) is 1. The zero-order valence-electron chi connectivity index (χ0n) is 23.7. The summed E-state index contributed by atoms with van der Waals surface area (Å²) in [6, 6.07) is 4.90. The van der Waals surface area contributed by atoms with Crippen molar-refractivity contribution in [2.45, 2.75) is 84.5 Å². The van der Waals surface area contributed by atoms with Crippen LogP contribution < -0.4 is 9.47 Å².